The molecule has 1 amide bonds. The number of hydrogen-bond acceptors (Lipinski definition) is 7. The van der Waals surface area contributed by atoms with Crippen LogP contribution < -0.4 is 10.6 Å². The lowest BCUT2D eigenvalue weighted by atomic mass is 10.2. The number of morpholine rings is 1. The van der Waals surface area contributed by atoms with Gasteiger partial charge in [0, 0.05) is 43.6 Å². The lowest BCUT2D eigenvalue weighted by Crippen LogP contribution is -2.41. The first-order valence-corrected chi connectivity index (χ1v) is 9.15. The van der Waals surface area contributed by atoms with E-state index in [1.807, 2.05) is 6.07 Å². The number of pyridine rings is 1. The Morgan fingerprint density at radius 3 is 2.79 bits per heavy atom. The summed E-state index contributed by atoms with van der Waals surface area (Å²) in [4.78, 5) is 30.5. The first kappa shape index (κ1) is 19.8. The summed E-state index contributed by atoms with van der Waals surface area (Å²) in [5, 5.41) is 6.04. The summed E-state index contributed by atoms with van der Waals surface area (Å²) in [7, 11) is 1.34. The average Bonchev–Trinajstić information content (AvgIpc) is 2.74. The summed E-state index contributed by atoms with van der Waals surface area (Å²) < 4.78 is 10.0. The van der Waals surface area contributed by atoms with Crippen molar-refractivity contribution < 1.29 is 19.1 Å². The standard InChI is InChI=1S/C20H24N4O4/c1-27-20(26)16-3-2-4-17(13-16)23-18-14-15(5-6-21-18)19(25)22-7-8-24-9-11-28-12-10-24/h2-6,13-14H,7-12H2,1H3,(H,21,23)(H,22,25). The SMILES string of the molecule is COC(=O)c1cccc(Nc2cc(C(=O)NCCN3CCOCC3)ccn2)c1. The van der Waals surface area contributed by atoms with Crippen molar-refractivity contribution >= 4 is 23.4 Å². The van der Waals surface area contributed by atoms with Gasteiger partial charge >= 0.3 is 5.97 Å². The molecule has 1 saturated heterocycles. The van der Waals surface area contributed by atoms with Crippen molar-refractivity contribution in [2.75, 3.05) is 51.8 Å². The molecular formula is C20H24N4O4. The summed E-state index contributed by atoms with van der Waals surface area (Å²) in [6, 6.07) is 10.2. The molecule has 28 heavy (non-hydrogen) atoms. The third-order valence-electron chi connectivity index (χ3n) is 4.40. The topological polar surface area (TPSA) is 92.8 Å². The van der Waals surface area contributed by atoms with E-state index in [1.54, 1.807) is 36.5 Å². The zero-order valence-corrected chi connectivity index (χ0v) is 15.8. The third kappa shape index (κ3) is 5.51. The fourth-order valence-corrected chi connectivity index (χ4v) is 2.88. The second kappa shape index (κ2) is 9.82. The summed E-state index contributed by atoms with van der Waals surface area (Å²) >= 11 is 0. The van der Waals surface area contributed by atoms with Crippen molar-refractivity contribution in [3.8, 4) is 0 Å². The molecule has 0 radical (unpaired) electrons. The maximum atomic E-state index is 12.4. The normalized spacial score (nSPS) is 14.3. The maximum Gasteiger partial charge on any atom is 0.337 e. The van der Waals surface area contributed by atoms with Crippen LogP contribution in [0.15, 0.2) is 42.6 Å². The van der Waals surface area contributed by atoms with E-state index in [0.29, 0.717) is 29.2 Å². The molecule has 3 rings (SSSR count). The molecule has 0 saturated carbocycles. The number of aromatic nitrogens is 1. The van der Waals surface area contributed by atoms with Crippen LogP contribution in [0.3, 0.4) is 0 Å². The molecule has 1 aromatic carbocycles. The van der Waals surface area contributed by atoms with Gasteiger partial charge in [-0.05, 0) is 30.3 Å². The zero-order valence-electron chi connectivity index (χ0n) is 15.8. The van der Waals surface area contributed by atoms with E-state index in [4.69, 9.17) is 9.47 Å². The van der Waals surface area contributed by atoms with Crippen LogP contribution in [0.4, 0.5) is 11.5 Å². The van der Waals surface area contributed by atoms with Gasteiger partial charge in [-0.3, -0.25) is 9.69 Å². The molecule has 0 aliphatic carbocycles. The minimum absolute atomic E-state index is 0.151. The molecule has 1 aliphatic rings. The van der Waals surface area contributed by atoms with E-state index in [-0.39, 0.29) is 5.91 Å². The Hall–Kier alpha value is -2.97. The van der Waals surface area contributed by atoms with Gasteiger partial charge in [-0.15, -0.1) is 0 Å². The van der Waals surface area contributed by atoms with Crippen LogP contribution in [-0.4, -0.2) is 68.3 Å². The van der Waals surface area contributed by atoms with Gasteiger partial charge in [0.25, 0.3) is 5.91 Å². The predicted molar refractivity (Wildman–Crippen MR) is 105 cm³/mol. The number of ether oxygens (including phenoxy) is 2. The maximum absolute atomic E-state index is 12.4. The minimum Gasteiger partial charge on any atom is -0.465 e. The monoisotopic (exact) mass is 384 g/mol. The summed E-state index contributed by atoms with van der Waals surface area (Å²) in [6.07, 6.45) is 1.57. The smallest absolute Gasteiger partial charge is 0.337 e. The molecule has 148 valence electrons. The number of carbonyl (C=O) groups is 2. The zero-order chi connectivity index (χ0) is 19.8. The average molecular weight is 384 g/mol. The number of carbonyl (C=O) groups excluding carboxylic acids is 2. The fraction of sp³-hybridized carbons (Fsp3) is 0.350. The van der Waals surface area contributed by atoms with E-state index in [1.165, 1.54) is 7.11 Å². The predicted octanol–water partition coefficient (Wildman–Crippen LogP) is 1.67. The van der Waals surface area contributed by atoms with Gasteiger partial charge in [-0.25, -0.2) is 9.78 Å². The van der Waals surface area contributed by atoms with Crippen LogP contribution in [0.25, 0.3) is 0 Å². The van der Waals surface area contributed by atoms with Gasteiger partial charge in [0.2, 0.25) is 0 Å². The molecule has 1 aliphatic heterocycles. The molecule has 8 nitrogen and oxygen atoms in total. The first-order chi connectivity index (χ1) is 13.7. The molecule has 2 heterocycles. The minimum atomic E-state index is -0.412. The number of nitrogens with one attached hydrogen (secondary N) is 2. The van der Waals surface area contributed by atoms with E-state index < -0.39 is 5.97 Å². The number of esters is 1. The number of hydrogen-bond donors (Lipinski definition) is 2. The van der Waals surface area contributed by atoms with Crippen LogP contribution in [-0.2, 0) is 9.47 Å². The molecule has 0 bridgehead atoms. The molecule has 2 N–H and O–H groups in total. The van der Waals surface area contributed by atoms with E-state index in [9.17, 15) is 9.59 Å². The van der Waals surface area contributed by atoms with E-state index in [0.717, 1.165) is 32.8 Å². The molecule has 1 aromatic heterocycles. The van der Waals surface area contributed by atoms with Gasteiger partial charge < -0.3 is 20.1 Å². The highest BCUT2D eigenvalue weighted by Crippen LogP contribution is 2.17. The fourth-order valence-electron chi connectivity index (χ4n) is 2.88. The van der Waals surface area contributed by atoms with E-state index in [2.05, 4.69) is 20.5 Å². The second-order valence-electron chi connectivity index (χ2n) is 6.34. The summed E-state index contributed by atoms with van der Waals surface area (Å²) in [5.74, 6) is -0.0464. The highest BCUT2D eigenvalue weighted by Gasteiger charge is 2.12. The van der Waals surface area contributed by atoms with Crippen molar-refractivity contribution in [3.63, 3.8) is 0 Å². The second-order valence-corrected chi connectivity index (χ2v) is 6.34. The Morgan fingerprint density at radius 2 is 2.00 bits per heavy atom. The molecule has 0 atom stereocenters. The molecule has 8 heteroatoms. The number of benzene rings is 1. The lowest BCUT2D eigenvalue weighted by Gasteiger charge is -2.26. The Bertz CT molecular complexity index is 821. The largest absolute Gasteiger partial charge is 0.465 e. The number of nitrogens with zero attached hydrogens (tertiary/aromatic N) is 2. The van der Waals surface area contributed by atoms with Crippen LogP contribution in [0.1, 0.15) is 20.7 Å². The van der Waals surface area contributed by atoms with Crippen molar-refractivity contribution in [2.24, 2.45) is 0 Å². The molecule has 2 aromatic rings. The number of anilines is 2. The van der Waals surface area contributed by atoms with Gasteiger partial charge in [-0.2, -0.15) is 0 Å². The highest BCUT2D eigenvalue weighted by molar-refractivity contribution is 5.95. The Labute approximate surface area is 163 Å². The summed E-state index contributed by atoms with van der Waals surface area (Å²) in [5.41, 5.74) is 1.63. The quantitative estimate of drug-likeness (QED) is 0.702. The third-order valence-corrected chi connectivity index (χ3v) is 4.40. The molecule has 0 unspecified atom stereocenters. The molecule has 0 spiro atoms. The van der Waals surface area contributed by atoms with Crippen LogP contribution in [0.5, 0.6) is 0 Å². The van der Waals surface area contributed by atoms with Crippen molar-refractivity contribution in [2.45, 2.75) is 0 Å². The Morgan fingerprint density at radius 1 is 1.18 bits per heavy atom. The van der Waals surface area contributed by atoms with Gasteiger partial charge in [0.1, 0.15) is 5.82 Å². The lowest BCUT2D eigenvalue weighted by molar-refractivity contribution is 0.0383. The number of rotatable bonds is 7. The first-order valence-electron chi connectivity index (χ1n) is 9.15. The van der Waals surface area contributed by atoms with Crippen molar-refractivity contribution in [3.05, 3.63) is 53.7 Å². The van der Waals surface area contributed by atoms with Crippen LogP contribution in [0.2, 0.25) is 0 Å². The number of methoxy groups -OCH3 is 1. The highest BCUT2D eigenvalue weighted by atomic mass is 16.5. The van der Waals surface area contributed by atoms with E-state index >= 15 is 0 Å². The van der Waals surface area contributed by atoms with Crippen LogP contribution in [0, 0.1) is 0 Å². The Kier molecular flexibility index (Phi) is 6.94. The summed E-state index contributed by atoms with van der Waals surface area (Å²) in [6.45, 7) is 4.64. The van der Waals surface area contributed by atoms with Gasteiger partial charge in [0.15, 0.2) is 0 Å². The van der Waals surface area contributed by atoms with Crippen molar-refractivity contribution in [1.82, 2.24) is 15.2 Å². The molecule has 1 fully saturated rings. The van der Waals surface area contributed by atoms with Crippen LogP contribution >= 0.6 is 0 Å². The van der Waals surface area contributed by atoms with Gasteiger partial charge in [-0.1, -0.05) is 6.07 Å². The molecular weight excluding hydrogens is 360 g/mol. The number of amides is 1. The van der Waals surface area contributed by atoms with Crippen molar-refractivity contribution in [1.29, 1.82) is 0 Å². The van der Waals surface area contributed by atoms with Gasteiger partial charge in [0.05, 0.1) is 25.9 Å². The Balaban J connectivity index is 1.57.